The van der Waals surface area contributed by atoms with Gasteiger partial charge in [-0.15, -0.1) is 0 Å². The van der Waals surface area contributed by atoms with Crippen molar-refractivity contribution in [2.75, 3.05) is 33.7 Å². The first kappa shape index (κ1) is 15.0. The molecular formula is C16H30N2O. The third-order valence-electron chi connectivity index (χ3n) is 4.83. The van der Waals surface area contributed by atoms with Gasteiger partial charge in [0.05, 0.1) is 0 Å². The number of likely N-dealkylation sites (tertiary alicyclic amines) is 1. The van der Waals surface area contributed by atoms with Crippen molar-refractivity contribution < 1.29 is 4.79 Å². The van der Waals surface area contributed by atoms with Gasteiger partial charge in [0.1, 0.15) is 5.78 Å². The maximum absolute atomic E-state index is 12.2. The van der Waals surface area contributed by atoms with E-state index in [4.69, 9.17) is 0 Å². The number of hydrogen-bond donors (Lipinski definition) is 0. The molecule has 1 aliphatic carbocycles. The fourth-order valence-corrected chi connectivity index (χ4v) is 3.76. The summed E-state index contributed by atoms with van der Waals surface area (Å²) in [5.41, 5.74) is 0.356. The number of rotatable bonds is 4. The van der Waals surface area contributed by atoms with Crippen LogP contribution in [0.4, 0.5) is 0 Å². The van der Waals surface area contributed by atoms with E-state index >= 15 is 0 Å². The van der Waals surface area contributed by atoms with Crippen molar-refractivity contribution in [3.8, 4) is 0 Å². The molecule has 0 aromatic carbocycles. The summed E-state index contributed by atoms with van der Waals surface area (Å²) >= 11 is 0. The molecule has 110 valence electrons. The molecule has 1 saturated carbocycles. The molecule has 3 nitrogen and oxygen atoms in total. The second kappa shape index (κ2) is 5.92. The summed E-state index contributed by atoms with van der Waals surface area (Å²) in [5, 5.41) is 0. The number of ketones is 1. The van der Waals surface area contributed by atoms with Crippen molar-refractivity contribution in [1.82, 2.24) is 9.80 Å². The van der Waals surface area contributed by atoms with Gasteiger partial charge in [-0.2, -0.15) is 0 Å². The minimum absolute atomic E-state index is 0.284. The van der Waals surface area contributed by atoms with Crippen molar-refractivity contribution in [2.24, 2.45) is 11.3 Å². The van der Waals surface area contributed by atoms with Crippen LogP contribution in [-0.4, -0.2) is 55.4 Å². The fourth-order valence-electron chi connectivity index (χ4n) is 3.76. The Morgan fingerprint density at radius 1 is 1.37 bits per heavy atom. The van der Waals surface area contributed by atoms with Crippen LogP contribution in [0.5, 0.6) is 0 Å². The molecule has 0 radical (unpaired) electrons. The zero-order chi connectivity index (χ0) is 14.0. The molecule has 0 amide bonds. The molecule has 3 heteroatoms. The van der Waals surface area contributed by atoms with Crippen molar-refractivity contribution in [2.45, 2.75) is 52.0 Å². The second-order valence-corrected chi connectivity index (χ2v) is 7.58. The lowest BCUT2D eigenvalue weighted by Gasteiger charge is -2.37. The van der Waals surface area contributed by atoms with E-state index in [1.807, 2.05) is 0 Å². The standard InChI is InChI=1S/C16H30N2O/c1-16(2)8-7-15(19)13(10-16)11-18-9-5-6-14(18)12-17(3)4/h13-14H,5-12H2,1-4H3. The van der Waals surface area contributed by atoms with Crippen LogP contribution in [0.1, 0.15) is 46.0 Å². The molecule has 19 heavy (non-hydrogen) atoms. The van der Waals surface area contributed by atoms with Gasteiger partial charge in [-0.1, -0.05) is 13.8 Å². The van der Waals surface area contributed by atoms with Crippen LogP contribution in [0.3, 0.4) is 0 Å². The van der Waals surface area contributed by atoms with Crippen molar-refractivity contribution in [3.63, 3.8) is 0 Å². The molecular weight excluding hydrogens is 236 g/mol. The van der Waals surface area contributed by atoms with E-state index in [0.29, 0.717) is 17.2 Å². The molecule has 2 fully saturated rings. The number of Topliss-reactive ketones (excluding diaryl/α,β-unsaturated/α-hetero) is 1. The summed E-state index contributed by atoms with van der Waals surface area (Å²) in [7, 11) is 4.29. The summed E-state index contributed by atoms with van der Waals surface area (Å²) in [4.78, 5) is 17.0. The van der Waals surface area contributed by atoms with Crippen molar-refractivity contribution >= 4 is 5.78 Å². The van der Waals surface area contributed by atoms with Gasteiger partial charge < -0.3 is 4.90 Å². The highest BCUT2D eigenvalue weighted by Gasteiger charge is 2.36. The van der Waals surface area contributed by atoms with Crippen LogP contribution < -0.4 is 0 Å². The zero-order valence-electron chi connectivity index (χ0n) is 13.1. The summed E-state index contributed by atoms with van der Waals surface area (Å²) in [5.74, 6) is 0.793. The van der Waals surface area contributed by atoms with Gasteiger partial charge in [0, 0.05) is 31.5 Å². The molecule has 1 saturated heterocycles. The van der Waals surface area contributed by atoms with E-state index in [0.717, 1.165) is 32.4 Å². The average Bonchev–Trinajstić information content (AvgIpc) is 2.70. The highest BCUT2D eigenvalue weighted by molar-refractivity contribution is 5.82. The van der Waals surface area contributed by atoms with Crippen molar-refractivity contribution in [1.29, 1.82) is 0 Å². The summed E-state index contributed by atoms with van der Waals surface area (Å²) in [6.45, 7) is 7.94. The third-order valence-corrected chi connectivity index (χ3v) is 4.83. The first-order valence-electron chi connectivity index (χ1n) is 7.79. The second-order valence-electron chi connectivity index (χ2n) is 7.58. The predicted octanol–water partition coefficient (Wildman–Crippen LogP) is 2.41. The van der Waals surface area contributed by atoms with Crippen LogP contribution >= 0.6 is 0 Å². The highest BCUT2D eigenvalue weighted by atomic mass is 16.1. The normalized spacial score (nSPS) is 32.2. The maximum atomic E-state index is 12.2. The van der Waals surface area contributed by atoms with E-state index in [1.54, 1.807) is 0 Å². The Bertz CT molecular complexity index is 325. The number of nitrogens with zero attached hydrogens (tertiary/aromatic N) is 2. The third kappa shape index (κ3) is 4.03. The van der Waals surface area contributed by atoms with E-state index in [-0.39, 0.29) is 5.92 Å². The van der Waals surface area contributed by atoms with Crippen LogP contribution in [0, 0.1) is 11.3 Å². The molecule has 0 bridgehead atoms. The molecule has 0 aromatic rings. The lowest BCUT2D eigenvalue weighted by Crippen LogP contribution is -2.43. The summed E-state index contributed by atoms with van der Waals surface area (Å²) in [6.07, 6.45) is 5.54. The lowest BCUT2D eigenvalue weighted by atomic mass is 9.71. The minimum Gasteiger partial charge on any atom is -0.308 e. The monoisotopic (exact) mass is 266 g/mol. The van der Waals surface area contributed by atoms with Gasteiger partial charge in [-0.05, 0) is 51.7 Å². The average molecular weight is 266 g/mol. The van der Waals surface area contributed by atoms with E-state index in [1.165, 1.54) is 19.4 Å². The van der Waals surface area contributed by atoms with E-state index in [9.17, 15) is 4.79 Å². The molecule has 0 N–H and O–H groups in total. The first-order valence-corrected chi connectivity index (χ1v) is 7.79. The molecule has 2 rings (SSSR count). The number of hydrogen-bond acceptors (Lipinski definition) is 3. The van der Waals surface area contributed by atoms with Crippen LogP contribution in [0.2, 0.25) is 0 Å². The Morgan fingerprint density at radius 3 is 2.79 bits per heavy atom. The van der Waals surface area contributed by atoms with Gasteiger partial charge in [-0.25, -0.2) is 0 Å². The van der Waals surface area contributed by atoms with Gasteiger partial charge >= 0.3 is 0 Å². The topological polar surface area (TPSA) is 23.6 Å². The van der Waals surface area contributed by atoms with Gasteiger partial charge in [0.2, 0.25) is 0 Å². The summed E-state index contributed by atoms with van der Waals surface area (Å²) in [6, 6.07) is 0.660. The molecule has 1 heterocycles. The lowest BCUT2D eigenvalue weighted by molar-refractivity contribution is -0.127. The molecule has 2 aliphatic rings. The number of carbonyl (C=O) groups excluding carboxylic acids is 1. The number of carbonyl (C=O) groups is 1. The molecule has 0 spiro atoms. The summed E-state index contributed by atoms with van der Waals surface area (Å²) < 4.78 is 0. The zero-order valence-corrected chi connectivity index (χ0v) is 13.1. The van der Waals surface area contributed by atoms with Crippen LogP contribution in [-0.2, 0) is 4.79 Å². The largest absolute Gasteiger partial charge is 0.308 e. The van der Waals surface area contributed by atoms with E-state index in [2.05, 4.69) is 37.7 Å². The highest BCUT2D eigenvalue weighted by Crippen LogP contribution is 2.37. The van der Waals surface area contributed by atoms with Crippen molar-refractivity contribution in [3.05, 3.63) is 0 Å². The first-order chi connectivity index (χ1) is 8.87. The smallest absolute Gasteiger partial charge is 0.137 e. The van der Waals surface area contributed by atoms with Crippen LogP contribution in [0.15, 0.2) is 0 Å². The van der Waals surface area contributed by atoms with Gasteiger partial charge in [0.15, 0.2) is 0 Å². The molecule has 1 aliphatic heterocycles. The maximum Gasteiger partial charge on any atom is 0.137 e. The predicted molar refractivity (Wildman–Crippen MR) is 79.3 cm³/mol. The van der Waals surface area contributed by atoms with Crippen LogP contribution in [0.25, 0.3) is 0 Å². The Labute approximate surface area is 118 Å². The minimum atomic E-state index is 0.284. The van der Waals surface area contributed by atoms with E-state index < -0.39 is 0 Å². The quantitative estimate of drug-likeness (QED) is 0.781. The Morgan fingerprint density at radius 2 is 2.11 bits per heavy atom. The van der Waals surface area contributed by atoms with Gasteiger partial charge in [-0.3, -0.25) is 9.69 Å². The number of likely N-dealkylation sites (N-methyl/N-ethyl adjacent to an activating group) is 1. The Kier molecular flexibility index (Phi) is 4.67. The molecule has 2 unspecified atom stereocenters. The van der Waals surface area contributed by atoms with Gasteiger partial charge in [0.25, 0.3) is 0 Å². The molecule has 2 atom stereocenters. The Balaban J connectivity index is 1.93. The Hall–Kier alpha value is -0.410. The molecule has 0 aromatic heterocycles. The fraction of sp³-hybridized carbons (Fsp3) is 0.938. The SMILES string of the molecule is CN(C)CC1CCCN1CC1CC(C)(C)CCC1=O.